The number of hydrogen-bond donors (Lipinski definition) is 4. The molecule has 0 aliphatic carbocycles. The lowest BCUT2D eigenvalue weighted by molar-refractivity contribution is 0.490. The molecular formula is C8H21N3O3S. The van der Waals surface area contributed by atoms with Gasteiger partial charge < -0.3 is 16.0 Å². The van der Waals surface area contributed by atoms with Gasteiger partial charge in [-0.05, 0) is 19.5 Å². The first-order valence-electron chi connectivity index (χ1n) is 5.05. The summed E-state index contributed by atoms with van der Waals surface area (Å²) in [6, 6.07) is 0. The van der Waals surface area contributed by atoms with E-state index in [9.17, 15) is 8.42 Å². The second kappa shape index (κ2) is 9.05. The number of hydrogen-bond acceptors (Lipinski definition) is 5. The lowest BCUT2D eigenvalue weighted by Crippen LogP contribution is -2.39. The van der Waals surface area contributed by atoms with Crippen molar-refractivity contribution >= 4 is 10.1 Å². The molecule has 0 unspecified atom stereocenters. The fourth-order valence-corrected chi connectivity index (χ4v) is 0.780. The molecule has 15 heavy (non-hydrogen) atoms. The molecule has 2 heterocycles. The molecule has 92 valence electrons. The highest BCUT2D eigenvalue weighted by atomic mass is 32.2. The minimum Gasteiger partial charge on any atom is -0.317 e. The molecule has 0 amide bonds. The molecule has 2 fully saturated rings. The van der Waals surface area contributed by atoms with Crippen LogP contribution in [0.1, 0.15) is 6.42 Å². The van der Waals surface area contributed by atoms with Crippen LogP contribution in [0, 0.1) is 0 Å². The zero-order valence-electron chi connectivity index (χ0n) is 9.12. The predicted octanol–water partition coefficient (Wildman–Crippen LogP) is -1.34. The third kappa shape index (κ3) is 20.0. The second-order valence-corrected chi connectivity index (χ2v) is 4.80. The average molecular weight is 239 g/mol. The van der Waals surface area contributed by atoms with E-state index in [1.165, 1.54) is 19.5 Å². The van der Waals surface area contributed by atoms with Gasteiger partial charge in [-0.25, -0.2) is 0 Å². The standard InChI is InChI=1S/C4H10N2.C3H7N.CH4O3S/c1-2-6-4-3-5-1;1-2-4-3-1;1-5(2,3)4/h5-6H,1-4H2;4H,1-3H2;1H3,(H,2,3,4). The third-order valence-electron chi connectivity index (χ3n) is 1.66. The molecule has 0 saturated carbocycles. The molecule has 0 aromatic heterocycles. The van der Waals surface area contributed by atoms with Crippen LogP contribution in [-0.2, 0) is 10.1 Å². The molecule has 2 rings (SSSR count). The van der Waals surface area contributed by atoms with Gasteiger partial charge in [-0.2, -0.15) is 8.42 Å². The minimum atomic E-state index is -3.67. The van der Waals surface area contributed by atoms with Gasteiger partial charge in [-0.15, -0.1) is 0 Å². The molecule has 0 aromatic rings. The smallest absolute Gasteiger partial charge is 0.261 e. The summed E-state index contributed by atoms with van der Waals surface area (Å²) in [5.41, 5.74) is 0. The van der Waals surface area contributed by atoms with Crippen LogP contribution in [0.4, 0.5) is 0 Å². The summed E-state index contributed by atoms with van der Waals surface area (Å²) < 4.78 is 25.9. The molecule has 4 N–H and O–H groups in total. The van der Waals surface area contributed by atoms with Gasteiger partial charge >= 0.3 is 0 Å². The lowest BCUT2D eigenvalue weighted by atomic mass is 10.3. The molecule has 0 bridgehead atoms. The van der Waals surface area contributed by atoms with Crippen molar-refractivity contribution in [3.05, 3.63) is 0 Å². The molecular weight excluding hydrogens is 218 g/mol. The van der Waals surface area contributed by atoms with E-state index in [-0.39, 0.29) is 0 Å². The van der Waals surface area contributed by atoms with Crippen LogP contribution in [0.5, 0.6) is 0 Å². The first kappa shape index (κ1) is 14.8. The molecule has 0 atom stereocenters. The van der Waals surface area contributed by atoms with Gasteiger partial charge in [0.25, 0.3) is 10.1 Å². The SMILES string of the molecule is C1CNC1.C1CNCCN1.CS(=O)(=O)O. The maximum atomic E-state index is 9.19. The Balaban J connectivity index is 0.000000200. The van der Waals surface area contributed by atoms with Gasteiger partial charge in [0.1, 0.15) is 0 Å². The lowest BCUT2D eigenvalue weighted by Gasteiger charge is -2.11. The Kier molecular flexibility index (Phi) is 8.92. The van der Waals surface area contributed by atoms with Crippen molar-refractivity contribution in [3.63, 3.8) is 0 Å². The van der Waals surface area contributed by atoms with E-state index < -0.39 is 10.1 Å². The normalized spacial score (nSPS) is 19.9. The van der Waals surface area contributed by atoms with Crippen LogP contribution in [0.3, 0.4) is 0 Å². The Morgan fingerprint density at radius 3 is 1.13 bits per heavy atom. The fourth-order valence-electron chi connectivity index (χ4n) is 0.780. The maximum Gasteiger partial charge on any atom is 0.261 e. The largest absolute Gasteiger partial charge is 0.317 e. The highest BCUT2D eigenvalue weighted by Gasteiger charge is 1.92. The van der Waals surface area contributed by atoms with Crippen molar-refractivity contribution in [2.75, 3.05) is 45.5 Å². The Labute approximate surface area is 91.6 Å². The van der Waals surface area contributed by atoms with E-state index in [0.29, 0.717) is 6.26 Å². The van der Waals surface area contributed by atoms with Crippen molar-refractivity contribution in [2.45, 2.75) is 6.42 Å². The van der Waals surface area contributed by atoms with E-state index in [1.807, 2.05) is 0 Å². The van der Waals surface area contributed by atoms with Crippen LogP contribution in [0.2, 0.25) is 0 Å². The van der Waals surface area contributed by atoms with Crippen LogP contribution in [0.15, 0.2) is 0 Å². The number of rotatable bonds is 0. The minimum absolute atomic E-state index is 0.715. The molecule has 2 aliphatic rings. The van der Waals surface area contributed by atoms with Crippen LogP contribution < -0.4 is 16.0 Å². The molecule has 6 nitrogen and oxygen atoms in total. The Morgan fingerprint density at radius 2 is 1.07 bits per heavy atom. The fraction of sp³-hybridized carbons (Fsp3) is 1.00. The summed E-state index contributed by atoms with van der Waals surface area (Å²) in [5, 5.41) is 9.56. The summed E-state index contributed by atoms with van der Waals surface area (Å²) in [7, 11) is -3.67. The maximum absolute atomic E-state index is 9.19. The van der Waals surface area contributed by atoms with Crippen molar-refractivity contribution in [3.8, 4) is 0 Å². The van der Waals surface area contributed by atoms with Crippen molar-refractivity contribution in [1.82, 2.24) is 16.0 Å². The van der Waals surface area contributed by atoms with Crippen molar-refractivity contribution in [2.24, 2.45) is 0 Å². The van der Waals surface area contributed by atoms with Gasteiger partial charge in [0.05, 0.1) is 6.26 Å². The average Bonchev–Trinajstić information content (AvgIpc) is 2.01. The van der Waals surface area contributed by atoms with E-state index >= 15 is 0 Å². The van der Waals surface area contributed by atoms with Gasteiger partial charge in [-0.1, -0.05) is 0 Å². The Bertz CT molecular complexity index is 200. The van der Waals surface area contributed by atoms with Crippen LogP contribution in [-0.4, -0.2) is 58.5 Å². The van der Waals surface area contributed by atoms with Crippen LogP contribution >= 0.6 is 0 Å². The molecule has 0 aromatic carbocycles. The predicted molar refractivity (Wildman–Crippen MR) is 60.7 cm³/mol. The van der Waals surface area contributed by atoms with Crippen LogP contribution in [0.25, 0.3) is 0 Å². The van der Waals surface area contributed by atoms with Gasteiger partial charge in [0.2, 0.25) is 0 Å². The second-order valence-electron chi connectivity index (χ2n) is 3.34. The molecule has 2 saturated heterocycles. The topological polar surface area (TPSA) is 90.5 Å². The molecule has 0 radical (unpaired) electrons. The van der Waals surface area contributed by atoms with Gasteiger partial charge in [-0.3, -0.25) is 4.55 Å². The highest BCUT2D eigenvalue weighted by molar-refractivity contribution is 7.85. The number of nitrogens with one attached hydrogen (secondary N) is 3. The third-order valence-corrected chi connectivity index (χ3v) is 1.66. The quantitative estimate of drug-likeness (QED) is 0.391. The number of piperazine rings is 1. The summed E-state index contributed by atoms with van der Waals surface area (Å²) in [6.07, 6.45) is 2.10. The Morgan fingerprint density at radius 1 is 0.867 bits per heavy atom. The van der Waals surface area contributed by atoms with E-state index in [0.717, 1.165) is 26.2 Å². The van der Waals surface area contributed by atoms with Crippen molar-refractivity contribution < 1.29 is 13.0 Å². The summed E-state index contributed by atoms with van der Waals surface area (Å²) in [4.78, 5) is 0. The van der Waals surface area contributed by atoms with Gasteiger partial charge in [0.15, 0.2) is 0 Å². The van der Waals surface area contributed by atoms with E-state index in [1.54, 1.807) is 0 Å². The first-order valence-corrected chi connectivity index (χ1v) is 6.89. The zero-order valence-corrected chi connectivity index (χ0v) is 9.94. The Hall–Kier alpha value is -0.210. The van der Waals surface area contributed by atoms with E-state index in [4.69, 9.17) is 4.55 Å². The molecule has 7 heteroatoms. The monoisotopic (exact) mass is 239 g/mol. The van der Waals surface area contributed by atoms with E-state index in [2.05, 4.69) is 16.0 Å². The highest BCUT2D eigenvalue weighted by Crippen LogP contribution is 1.80. The van der Waals surface area contributed by atoms with Crippen molar-refractivity contribution in [1.29, 1.82) is 0 Å². The molecule has 2 aliphatic heterocycles. The molecule has 0 spiro atoms. The summed E-state index contributed by atoms with van der Waals surface area (Å²) >= 11 is 0. The van der Waals surface area contributed by atoms with Gasteiger partial charge in [0, 0.05) is 26.2 Å². The first-order chi connectivity index (χ1) is 7.00. The summed E-state index contributed by atoms with van der Waals surface area (Å²) in [6.45, 7) is 7.06. The summed E-state index contributed by atoms with van der Waals surface area (Å²) in [5.74, 6) is 0. The zero-order chi connectivity index (χ0) is 11.6.